The Morgan fingerprint density at radius 2 is 1.85 bits per heavy atom. The van der Waals surface area contributed by atoms with Gasteiger partial charge in [-0.2, -0.15) is 5.10 Å². The number of benzene rings is 2. The van der Waals surface area contributed by atoms with E-state index in [0.29, 0.717) is 60.0 Å². The second-order valence-corrected chi connectivity index (χ2v) is 8.47. The number of aromatic nitrogens is 3. The molecule has 0 radical (unpaired) electrons. The van der Waals surface area contributed by atoms with E-state index >= 15 is 0 Å². The van der Waals surface area contributed by atoms with Crippen molar-refractivity contribution in [2.24, 2.45) is 0 Å². The first kappa shape index (κ1) is 21.9. The maximum atomic E-state index is 13.2. The highest BCUT2D eigenvalue weighted by atomic mass is 19.1. The Morgan fingerprint density at radius 1 is 1.09 bits per heavy atom. The van der Waals surface area contributed by atoms with Crippen LogP contribution in [0.3, 0.4) is 0 Å². The zero-order valence-corrected chi connectivity index (χ0v) is 19.0. The lowest BCUT2D eigenvalue weighted by Crippen LogP contribution is -2.26. The van der Waals surface area contributed by atoms with Gasteiger partial charge in [0.25, 0.3) is 5.91 Å². The van der Waals surface area contributed by atoms with Gasteiger partial charge in [-0.3, -0.25) is 4.79 Å². The van der Waals surface area contributed by atoms with Crippen molar-refractivity contribution in [1.82, 2.24) is 20.1 Å². The molecule has 2 aromatic heterocycles. The van der Waals surface area contributed by atoms with E-state index in [1.807, 2.05) is 36.7 Å². The minimum atomic E-state index is -0.277. The first-order valence-corrected chi connectivity index (χ1v) is 11.3. The molecule has 0 atom stereocenters. The van der Waals surface area contributed by atoms with Gasteiger partial charge < -0.3 is 14.8 Å². The van der Waals surface area contributed by atoms with Gasteiger partial charge in [-0.25, -0.2) is 14.1 Å². The number of rotatable bonds is 6. The van der Waals surface area contributed by atoms with Crippen LogP contribution in [0, 0.1) is 5.82 Å². The lowest BCUT2D eigenvalue weighted by Gasteiger charge is -2.19. The summed E-state index contributed by atoms with van der Waals surface area (Å²) in [6.45, 7) is 5.48. The van der Waals surface area contributed by atoms with Gasteiger partial charge in [-0.05, 0) is 62.2 Å². The molecule has 0 spiro atoms. The molecule has 7 nitrogen and oxygen atoms in total. The third-order valence-corrected chi connectivity index (χ3v) is 5.75. The highest BCUT2D eigenvalue weighted by molar-refractivity contribution is 6.06. The average Bonchev–Trinajstić information content (AvgIpc) is 3.29. The molecular weight excluding hydrogens is 435 g/mol. The van der Waals surface area contributed by atoms with Gasteiger partial charge in [0.1, 0.15) is 19.0 Å². The second kappa shape index (κ2) is 9.13. The molecule has 0 bridgehead atoms. The van der Waals surface area contributed by atoms with E-state index in [-0.39, 0.29) is 17.8 Å². The quantitative estimate of drug-likeness (QED) is 0.456. The largest absolute Gasteiger partial charge is 0.486 e. The smallest absolute Gasteiger partial charge is 0.252 e. The van der Waals surface area contributed by atoms with Crippen molar-refractivity contribution in [2.75, 3.05) is 19.8 Å². The molecule has 4 aromatic rings. The van der Waals surface area contributed by atoms with Crippen molar-refractivity contribution in [1.29, 1.82) is 0 Å². The number of amides is 1. The van der Waals surface area contributed by atoms with Crippen LogP contribution >= 0.6 is 0 Å². The van der Waals surface area contributed by atoms with Gasteiger partial charge in [-0.15, -0.1) is 0 Å². The number of carbonyl (C=O) groups is 1. The number of fused-ring (bicyclic) bond motifs is 2. The van der Waals surface area contributed by atoms with Crippen molar-refractivity contribution in [2.45, 2.75) is 26.3 Å². The number of nitrogens with zero attached hydrogens (tertiary/aromatic N) is 3. The Morgan fingerprint density at radius 3 is 2.62 bits per heavy atom. The van der Waals surface area contributed by atoms with Crippen LogP contribution in [0.2, 0.25) is 0 Å². The van der Waals surface area contributed by atoms with E-state index in [1.165, 1.54) is 12.1 Å². The summed E-state index contributed by atoms with van der Waals surface area (Å²) < 4.78 is 26.3. The molecule has 0 unspecified atom stereocenters. The summed E-state index contributed by atoms with van der Waals surface area (Å²) in [5, 5.41) is 8.14. The number of ether oxygens (including phenoxy) is 2. The maximum Gasteiger partial charge on any atom is 0.252 e. The first-order valence-electron chi connectivity index (χ1n) is 11.3. The Kier molecular flexibility index (Phi) is 5.88. The topological polar surface area (TPSA) is 78.3 Å². The minimum Gasteiger partial charge on any atom is -0.486 e. The van der Waals surface area contributed by atoms with Crippen LogP contribution in [-0.4, -0.2) is 40.4 Å². The molecule has 174 valence electrons. The summed E-state index contributed by atoms with van der Waals surface area (Å²) in [5.41, 5.74) is 3.57. The molecule has 0 saturated heterocycles. The third kappa shape index (κ3) is 4.31. The molecular formula is C26H25FN4O3. The van der Waals surface area contributed by atoms with Crippen LogP contribution in [0.4, 0.5) is 4.39 Å². The summed E-state index contributed by atoms with van der Waals surface area (Å²) in [6.07, 6.45) is 2.28. The lowest BCUT2D eigenvalue weighted by atomic mass is 10.1. The molecule has 0 fully saturated rings. The molecule has 5 rings (SSSR count). The maximum absolute atomic E-state index is 13.2. The van der Waals surface area contributed by atoms with Crippen LogP contribution in [0.15, 0.2) is 54.7 Å². The number of halogens is 1. The fourth-order valence-corrected chi connectivity index (χ4v) is 4.00. The summed E-state index contributed by atoms with van der Waals surface area (Å²) in [5.74, 6) is 0.868. The van der Waals surface area contributed by atoms with Crippen LogP contribution in [0.5, 0.6) is 11.5 Å². The Labute approximate surface area is 196 Å². The second-order valence-electron chi connectivity index (χ2n) is 8.47. The fraction of sp³-hybridized carbons (Fsp3) is 0.269. The van der Waals surface area contributed by atoms with Gasteiger partial charge in [0.2, 0.25) is 0 Å². The summed E-state index contributed by atoms with van der Waals surface area (Å²) in [7, 11) is 0. The predicted octanol–water partition coefficient (Wildman–Crippen LogP) is 4.56. The van der Waals surface area contributed by atoms with Crippen molar-refractivity contribution in [3.05, 3.63) is 71.7 Å². The molecule has 1 aliphatic heterocycles. The number of hydrogen-bond donors (Lipinski definition) is 1. The Bertz CT molecular complexity index is 1350. The average molecular weight is 461 g/mol. The van der Waals surface area contributed by atoms with Gasteiger partial charge in [-0.1, -0.05) is 12.1 Å². The minimum absolute atomic E-state index is 0.0786. The highest BCUT2D eigenvalue weighted by Gasteiger charge is 2.20. The van der Waals surface area contributed by atoms with Gasteiger partial charge in [0.15, 0.2) is 17.1 Å². The summed E-state index contributed by atoms with van der Waals surface area (Å²) in [6, 6.07) is 13.8. The Hall–Kier alpha value is -3.94. The van der Waals surface area contributed by atoms with Gasteiger partial charge in [0.05, 0.1) is 22.8 Å². The van der Waals surface area contributed by atoms with Crippen molar-refractivity contribution in [3.8, 4) is 22.8 Å². The van der Waals surface area contributed by atoms with Crippen molar-refractivity contribution < 1.29 is 18.7 Å². The zero-order chi connectivity index (χ0) is 23.7. The van der Waals surface area contributed by atoms with E-state index < -0.39 is 0 Å². The standard InChI is InChI=1S/C26H25FN4O3/c1-16(2)31-25-21(15-29-31)20(26(32)28-10-9-17-3-6-19(27)7-4-17)14-22(30-25)18-5-8-23-24(13-18)34-12-11-33-23/h3-8,13-16H,9-12H2,1-2H3,(H,28,32). The predicted molar refractivity (Wildman–Crippen MR) is 127 cm³/mol. The van der Waals surface area contributed by atoms with Crippen LogP contribution < -0.4 is 14.8 Å². The molecule has 0 aliphatic carbocycles. The molecule has 3 heterocycles. The lowest BCUT2D eigenvalue weighted by molar-refractivity contribution is 0.0955. The Balaban J connectivity index is 1.47. The SMILES string of the molecule is CC(C)n1ncc2c(C(=O)NCCc3ccc(F)cc3)cc(-c3ccc4c(c3)OCCO4)nc21. The van der Waals surface area contributed by atoms with Crippen molar-refractivity contribution >= 4 is 16.9 Å². The molecule has 1 amide bonds. The number of pyridine rings is 1. The number of nitrogens with one attached hydrogen (secondary N) is 1. The molecule has 0 saturated carbocycles. The van der Waals surface area contributed by atoms with E-state index in [4.69, 9.17) is 14.5 Å². The normalized spacial score (nSPS) is 12.8. The van der Waals surface area contributed by atoms with E-state index in [1.54, 1.807) is 24.4 Å². The molecule has 1 N–H and O–H groups in total. The van der Waals surface area contributed by atoms with E-state index in [9.17, 15) is 9.18 Å². The van der Waals surface area contributed by atoms with Crippen LogP contribution in [0.25, 0.3) is 22.3 Å². The fourth-order valence-electron chi connectivity index (χ4n) is 4.00. The first-order chi connectivity index (χ1) is 16.5. The van der Waals surface area contributed by atoms with Crippen LogP contribution in [0.1, 0.15) is 35.8 Å². The van der Waals surface area contributed by atoms with E-state index in [2.05, 4.69) is 10.4 Å². The van der Waals surface area contributed by atoms with Gasteiger partial charge >= 0.3 is 0 Å². The third-order valence-electron chi connectivity index (χ3n) is 5.75. The van der Waals surface area contributed by atoms with E-state index in [0.717, 1.165) is 11.1 Å². The summed E-state index contributed by atoms with van der Waals surface area (Å²) in [4.78, 5) is 18.1. The molecule has 8 heteroatoms. The number of hydrogen-bond acceptors (Lipinski definition) is 5. The zero-order valence-electron chi connectivity index (χ0n) is 19.0. The number of carbonyl (C=O) groups excluding carboxylic acids is 1. The van der Waals surface area contributed by atoms with Crippen LogP contribution in [-0.2, 0) is 6.42 Å². The molecule has 34 heavy (non-hydrogen) atoms. The molecule has 1 aliphatic rings. The molecule has 2 aromatic carbocycles. The highest BCUT2D eigenvalue weighted by Crippen LogP contribution is 2.35. The van der Waals surface area contributed by atoms with Gasteiger partial charge in [0, 0.05) is 18.2 Å². The van der Waals surface area contributed by atoms with Crippen molar-refractivity contribution in [3.63, 3.8) is 0 Å². The summed E-state index contributed by atoms with van der Waals surface area (Å²) >= 11 is 0. The monoisotopic (exact) mass is 460 g/mol.